The van der Waals surface area contributed by atoms with E-state index in [9.17, 15) is 9.59 Å². The summed E-state index contributed by atoms with van der Waals surface area (Å²) in [5.74, 6) is -1.89. The van der Waals surface area contributed by atoms with Crippen LogP contribution in [0.25, 0.3) is 0 Å². The number of benzene rings is 2. The highest BCUT2D eigenvalue weighted by Crippen LogP contribution is 2.57. The Kier molecular flexibility index (Phi) is 9.44. The largest absolute Gasteiger partial charge is 0.378 e. The van der Waals surface area contributed by atoms with Gasteiger partial charge in [0.2, 0.25) is 11.8 Å². The zero-order valence-corrected chi connectivity index (χ0v) is 25.0. The van der Waals surface area contributed by atoms with Crippen molar-refractivity contribution >= 4 is 67.7 Å². The van der Waals surface area contributed by atoms with E-state index < -0.39 is 29.2 Å². The molecule has 0 aliphatic carbocycles. The molecule has 2 saturated heterocycles. The fraction of sp³-hybridized carbons (Fsp3) is 0.481. The van der Waals surface area contributed by atoms with Gasteiger partial charge < -0.3 is 20.3 Å². The molecular weight excluding hydrogens is 568 g/mol. The van der Waals surface area contributed by atoms with Gasteiger partial charge in [-0.2, -0.15) is 27.0 Å². The Balaban J connectivity index is 0.00000200. The molecule has 2 aromatic rings. The summed E-state index contributed by atoms with van der Waals surface area (Å²) < 4.78 is 21.2. The molecule has 6 nitrogen and oxygen atoms in total. The first-order chi connectivity index (χ1) is 17.0. The maximum atomic E-state index is 15.7. The third-order valence-corrected chi connectivity index (χ3v) is 8.05. The van der Waals surface area contributed by atoms with Crippen molar-refractivity contribution in [2.75, 3.05) is 31.6 Å². The summed E-state index contributed by atoms with van der Waals surface area (Å²) in [6.45, 7) is 8.02. The van der Waals surface area contributed by atoms with E-state index in [-0.39, 0.29) is 54.8 Å². The summed E-state index contributed by atoms with van der Waals surface area (Å²) in [5, 5.41) is 6.95. The van der Waals surface area contributed by atoms with E-state index in [1.165, 1.54) is 6.07 Å². The fourth-order valence-corrected chi connectivity index (χ4v) is 6.47. The van der Waals surface area contributed by atoms with Gasteiger partial charge in [0, 0.05) is 35.8 Å². The Morgan fingerprint density at radius 1 is 1.16 bits per heavy atom. The minimum atomic E-state index is -1.24. The maximum absolute atomic E-state index is 15.7. The van der Waals surface area contributed by atoms with Crippen LogP contribution in [0.3, 0.4) is 0 Å². The van der Waals surface area contributed by atoms with E-state index in [0.717, 1.165) is 0 Å². The zero-order valence-electron chi connectivity index (χ0n) is 21.5. The van der Waals surface area contributed by atoms with Crippen molar-refractivity contribution in [1.29, 1.82) is 0 Å². The molecule has 3 aliphatic heterocycles. The van der Waals surface area contributed by atoms with E-state index >= 15 is 4.39 Å². The van der Waals surface area contributed by atoms with E-state index in [1.54, 1.807) is 29.2 Å². The van der Waals surface area contributed by atoms with Crippen LogP contribution in [0.2, 0.25) is 10.0 Å². The van der Waals surface area contributed by atoms with Gasteiger partial charge >= 0.3 is 0 Å². The van der Waals surface area contributed by atoms with Gasteiger partial charge in [-0.3, -0.25) is 9.59 Å². The van der Waals surface area contributed by atoms with Gasteiger partial charge in [0.05, 0.1) is 24.3 Å². The number of nitrogens with zero attached hydrogens (tertiary/aromatic N) is 1. The number of amides is 2. The summed E-state index contributed by atoms with van der Waals surface area (Å²) in [5.41, 5.74) is 0.108. The van der Waals surface area contributed by atoms with Crippen LogP contribution in [0, 0.1) is 11.2 Å². The smallest absolute Gasteiger partial charge is 0.240 e. The Morgan fingerprint density at radius 2 is 1.84 bits per heavy atom. The lowest BCUT2D eigenvalue weighted by Crippen LogP contribution is -2.51. The standard InChI is InChI=1S/C27H30Cl2FN3O3.2H2S/c1-26(2,3)14-20-27(17-8-7-15(28)13-19(17)31-25(27)35)21(16-5-4-6-18(29)22(16)30)23(32-20)24(34)33-9-11-36-12-10-33;;/h4-8,13,20-21,23,32H,9-12,14H2,1-3H3,(H,31,35);2*1H2/t20-,21+,23-,27+;;/m1../s1. The molecule has 38 heavy (non-hydrogen) atoms. The molecule has 4 atom stereocenters. The summed E-state index contributed by atoms with van der Waals surface area (Å²) in [6.07, 6.45) is 0.577. The minimum absolute atomic E-state index is 0. The molecule has 0 unspecified atom stereocenters. The van der Waals surface area contributed by atoms with Crippen molar-refractivity contribution in [2.45, 2.75) is 50.6 Å². The topological polar surface area (TPSA) is 70.7 Å². The fourth-order valence-electron chi connectivity index (χ4n) is 6.12. The Labute approximate surface area is 246 Å². The second-order valence-corrected chi connectivity index (χ2v) is 11.9. The number of carbonyl (C=O) groups excluding carboxylic acids is 2. The average molecular weight is 603 g/mol. The Bertz CT molecular complexity index is 1220. The highest BCUT2D eigenvalue weighted by molar-refractivity contribution is 7.59. The van der Waals surface area contributed by atoms with Gasteiger partial charge in [-0.1, -0.05) is 62.2 Å². The van der Waals surface area contributed by atoms with Crippen molar-refractivity contribution in [1.82, 2.24) is 10.2 Å². The summed E-state index contributed by atoms with van der Waals surface area (Å²) in [6, 6.07) is 8.76. The number of morpholine rings is 1. The van der Waals surface area contributed by atoms with Crippen molar-refractivity contribution in [2.24, 2.45) is 5.41 Å². The van der Waals surface area contributed by atoms with Gasteiger partial charge in [-0.05, 0) is 41.2 Å². The SMILES string of the molecule is CC(C)(C)C[C@H]1N[C@@H](C(=O)N2CCOCC2)[C@H](c2cccc(Cl)c2F)[C@@]12C(=O)Nc1cc(Cl)ccc12.S.S. The first kappa shape index (κ1) is 31.0. The zero-order chi connectivity index (χ0) is 25.8. The van der Waals surface area contributed by atoms with Gasteiger partial charge in [0.15, 0.2) is 0 Å². The second-order valence-electron chi connectivity index (χ2n) is 11.0. The van der Waals surface area contributed by atoms with Crippen molar-refractivity contribution < 1.29 is 18.7 Å². The predicted octanol–water partition coefficient (Wildman–Crippen LogP) is 4.97. The summed E-state index contributed by atoms with van der Waals surface area (Å²) in [7, 11) is 0. The van der Waals surface area contributed by atoms with Crippen LogP contribution in [0.4, 0.5) is 10.1 Å². The summed E-state index contributed by atoms with van der Waals surface area (Å²) >= 11 is 12.5. The number of hydrogen-bond donors (Lipinski definition) is 2. The molecule has 0 saturated carbocycles. The third-order valence-electron chi connectivity index (χ3n) is 7.53. The van der Waals surface area contributed by atoms with Crippen molar-refractivity contribution in [3.05, 3.63) is 63.4 Å². The monoisotopic (exact) mass is 601 g/mol. The molecule has 2 N–H and O–H groups in total. The molecule has 1 spiro atoms. The van der Waals surface area contributed by atoms with Crippen LogP contribution in [0.1, 0.15) is 44.2 Å². The Morgan fingerprint density at radius 3 is 2.50 bits per heavy atom. The van der Waals surface area contributed by atoms with Gasteiger partial charge in [-0.25, -0.2) is 4.39 Å². The number of fused-ring (bicyclic) bond motifs is 2. The molecule has 0 aromatic heterocycles. The summed E-state index contributed by atoms with van der Waals surface area (Å²) in [4.78, 5) is 29.8. The number of ether oxygens (including phenoxy) is 1. The van der Waals surface area contributed by atoms with Crippen LogP contribution in [0.5, 0.6) is 0 Å². The first-order valence-electron chi connectivity index (χ1n) is 12.2. The highest BCUT2D eigenvalue weighted by atomic mass is 35.5. The number of rotatable bonds is 3. The average Bonchev–Trinajstić information content (AvgIpc) is 3.29. The van der Waals surface area contributed by atoms with E-state index in [4.69, 9.17) is 27.9 Å². The molecule has 3 aliphatic rings. The van der Waals surface area contributed by atoms with E-state index in [2.05, 4.69) is 31.4 Å². The van der Waals surface area contributed by atoms with E-state index in [1.807, 2.05) is 6.07 Å². The first-order valence-corrected chi connectivity index (χ1v) is 13.0. The molecule has 2 amide bonds. The molecule has 3 heterocycles. The molecule has 0 bridgehead atoms. The molecule has 2 fully saturated rings. The lowest BCUT2D eigenvalue weighted by atomic mass is 9.62. The van der Waals surface area contributed by atoms with E-state index in [0.29, 0.717) is 49.0 Å². The molecule has 208 valence electrons. The van der Waals surface area contributed by atoms with Crippen LogP contribution in [-0.2, 0) is 19.7 Å². The quantitative estimate of drug-likeness (QED) is 0.521. The minimum Gasteiger partial charge on any atom is -0.378 e. The van der Waals surface area contributed by atoms with Crippen LogP contribution in [0.15, 0.2) is 36.4 Å². The lowest BCUT2D eigenvalue weighted by molar-refractivity contribution is -0.137. The van der Waals surface area contributed by atoms with Crippen molar-refractivity contribution in [3.8, 4) is 0 Å². The maximum Gasteiger partial charge on any atom is 0.240 e. The Hall–Kier alpha value is -1.49. The van der Waals surface area contributed by atoms with Gasteiger partial charge in [0.25, 0.3) is 0 Å². The number of carbonyl (C=O) groups is 2. The van der Waals surface area contributed by atoms with Gasteiger partial charge in [0.1, 0.15) is 11.2 Å². The van der Waals surface area contributed by atoms with Crippen LogP contribution < -0.4 is 10.6 Å². The molecule has 5 rings (SSSR count). The predicted molar refractivity (Wildman–Crippen MR) is 159 cm³/mol. The number of hydrogen-bond acceptors (Lipinski definition) is 4. The molecule has 2 aromatic carbocycles. The normalized spacial score (nSPS) is 26.4. The molecule has 11 heteroatoms. The molecule has 0 radical (unpaired) electrons. The molecular formula is C27H34Cl2FN3O3S2. The highest BCUT2D eigenvalue weighted by Gasteiger charge is 2.66. The second kappa shape index (κ2) is 11.6. The number of anilines is 1. The number of nitrogens with one attached hydrogen (secondary N) is 2. The number of halogens is 3. The van der Waals surface area contributed by atoms with Gasteiger partial charge in [-0.15, -0.1) is 0 Å². The van der Waals surface area contributed by atoms with Crippen molar-refractivity contribution in [3.63, 3.8) is 0 Å². The van der Waals surface area contributed by atoms with Crippen LogP contribution in [-0.4, -0.2) is 55.1 Å². The third kappa shape index (κ3) is 5.18. The van der Waals surface area contributed by atoms with Crippen LogP contribution >= 0.6 is 50.2 Å². The lowest BCUT2D eigenvalue weighted by Gasteiger charge is -2.38.